The highest BCUT2D eigenvalue weighted by Crippen LogP contribution is 2.40. The molecule has 9 heteroatoms. The van der Waals surface area contributed by atoms with E-state index in [2.05, 4.69) is 76.1 Å². The van der Waals surface area contributed by atoms with Crippen molar-refractivity contribution in [2.75, 3.05) is 0 Å². The summed E-state index contributed by atoms with van der Waals surface area (Å²) in [5.41, 5.74) is 8.82. The van der Waals surface area contributed by atoms with Crippen molar-refractivity contribution in [3.05, 3.63) is 59.8 Å². The SMILES string of the molecule is Cn1cc2nccc(C(C)(C)CCn3ncc4ncc(-c5nc6nccc(C(C)(C)C)c6o5)c(C(C)(C)C)c43)c2n1. The first-order valence-corrected chi connectivity index (χ1v) is 14.1. The third-order valence-electron chi connectivity index (χ3n) is 7.94. The molecule has 0 N–H and O–H groups in total. The predicted octanol–water partition coefficient (Wildman–Crippen LogP) is 6.88. The molecule has 0 unspecified atom stereocenters. The lowest BCUT2D eigenvalue weighted by atomic mass is 9.81. The van der Waals surface area contributed by atoms with Crippen LogP contribution < -0.4 is 0 Å². The Hall–Kier alpha value is -4.14. The summed E-state index contributed by atoms with van der Waals surface area (Å²) in [7, 11) is 1.93. The minimum absolute atomic E-state index is 0.103. The normalized spacial score (nSPS) is 13.2. The molecule has 0 aliphatic heterocycles. The summed E-state index contributed by atoms with van der Waals surface area (Å²) in [6.45, 7) is 18.4. The molecule has 0 atom stereocenters. The van der Waals surface area contributed by atoms with Crippen LogP contribution in [0.15, 0.2) is 47.5 Å². The van der Waals surface area contributed by atoms with Crippen LogP contribution in [0.25, 0.3) is 44.8 Å². The number of fused-ring (bicyclic) bond motifs is 3. The molecule has 0 spiro atoms. The van der Waals surface area contributed by atoms with Gasteiger partial charge in [-0.15, -0.1) is 0 Å². The van der Waals surface area contributed by atoms with Gasteiger partial charge in [0.1, 0.15) is 16.6 Å². The van der Waals surface area contributed by atoms with Gasteiger partial charge in [0.25, 0.3) is 0 Å². The number of oxazole rings is 1. The highest BCUT2D eigenvalue weighted by Gasteiger charge is 2.30. The van der Waals surface area contributed by atoms with E-state index in [1.807, 2.05) is 42.6 Å². The quantitative estimate of drug-likeness (QED) is 0.231. The fourth-order valence-corrected chi connectivity index (χ4v) is 5.78. The number of nitrogens with zero attached hydrogens (tertiary/aromatic N) is 8. The van der Waals surface area contributed by atoms with Crippen LogP contribution in [-0.2, 0) is 29.8 Å². The zero-order valence-electron chi connectivity index (χ0n) is 25.4. The van der Waals surface area contributed by atoms with E-state index < -0.39 is 0 Å². The van der Waals surface area contributed by atoms with Crippen molar-refractivity contribution in [3.8, 4) is 11.5 Å². The molecule has 0 saturated heterocycles. The van der Waals surface area contributed by atoms with Crippen molar-refractivity contribution < 1.29 is 4.42 Å². The van der Waals surface area contributed by atoms with E-state index in [-0.39, 0.29) is 16.2 Å². The van der Waals surface area contributed by atoms with Crippen molar-refractivity contribution in [3.63, 3.8) is 0 Å². The van der Waals surface area contributed by atoms with Gasteiger partial charge in [0.05, 0.1) is 23.5 Å². The molecule has 0 saturated carbocycles. The molecule has 6 rings (SSSR count). The van der Waals surface area contributed by atoms with E-state index in [0.29, 0.717) is 18.1 Å². The van der Waals surface area contributed by atoms with Gasteiger partial charge in [-0.05, 0) is 45.9 Å². The van der Waals surface area contributed by atoms with E-state index >= 15 is 0 Å². The standard InChI is InChI=1S/C32H38N8O/c1-30(2,3)21-11-14-34-28-27(21)41-29(37-28)19-16-35-22-17-36-40(26(22)24(19)31(4,5)6)15-12-32(7,8)20-10-13-33-23-18-39(9)38-25(20)23/h10-11,13-14,16-18H,12,15H2,1-9H3. The van der Waals surface area contributed by atoms with Crippen LogP contribution in [-0.4, -0.2) is 39.5 Å². The van der Waals surface area contributed by atoms with Crippen molar-refractivity contribution in [1.29, 1.82) is 0 Å². The predicted molar refractivity (Wildman–Crippen MR) is 162 cm³/mol. The summed E-state index contributed by atoms with van der Waals surface area (Å²) < 4.78 is 10.4. The first-order valence-electron chi connectivity index (χ1n) is 14.1. The number of aromatic nitrogens is 8. The average molecular weight is 551 g/mol. The Kier molecular flexibility index (Phi) is 6.06. The Balaban J connectivity index is 1.45. The molecule has 0 aliphatic carbocycles. The van der Waals surface area contributed by atoms with Crippen LogP contribution in [0.4, 0.5) is 0 Å². The minimum atomic E-state index is -0.226. The maximum absolute atomic E-state index is 6.47. The second-order valence-corrected chi connectivity index (χ2v) is 13.7. The van der Waals surface area contributed by atoms with E-state index in [0.717, 1.165) is 50.8 Å². The molecule has 9 nitrogen and oxygen atoms in total. The van der Waals surface area contributed by atoms with E-state index in [9.17, 15) is 0 Å². The van der Waals surface area contributed by atoms with Gasteiger partial charge in [-0.2, -0.15) is 15.2 Å². The van der Waals surface area contributed by atoms with Gasteiger partial charge >= 0.3 is 0 Å². The van der Waals surface area contributed by atoms with Crippen LogP contribution in [0, 0.1) is 0 Å². The third-order valence-corrected chi connectivity index (χ3v) is 7.94. The van der Waals surface area contributed by atoms with Gasteiger partial charge in [-0.3, -0.25) is 19.3 Å². The molecule has 0 bridgehead atoms. The largest absolute Gasteiger partial charge is 0.434 e. The number of hydrogen-bond donors (Lipinski definition) is 0. The van der Waals surface area contributed by atoms with Gasteiger partial charge in [-0.1, -0.05) is 55.4 Å². The van der Waals surface area contributed by atoms with Crippen LogP contribution in [0.3, 0.4) is 0 Å². The smallest absolute Gasteiger partial charge is 0.230 e. The lowest BCUT2D eigenvalue weighted by Crippen LogP contribution is -2.22. The molecule has 0 aromatic carbocycles. The summed E-state index contributed by atoms with van der Waals surface area (Å²) in [6.07, 6.45) is 10.2. The second-order valence-electron chi connectivity index (χ2n) is 13.7. The fourth-order valence-electron chi connectivity index (χ4n) is 5.78. The van der Waals surface area contributed by atoms with Crippen LogP contribution in [0.2, 0.25) is 0 Å². The van der Waals surface area contributed by atoms with Gasteiger partial charge in [0, 0.05) is 37.7 Å². The Morgan fingerprint density at radius 1 is 0.829 bits per heavy atom. The lowest BCUT2D eigenvalue weighted by molar-refractivity contribution is 0.427. The van der Waals surface area contributed by atoms with Crippen molar-refractivity contribution in [2.24, 2.45) is 7.05 Å². The highest BCUT2D eigenvalue weighted by molar-refractivity contribution is 5.87. The summed E-state index contributed by atoms with van der Waals surface area (Å²) in [5, 5.41) is 9.52. The third kappa shape index (κ3) is 4.67. The van der Waals surface area contributed by atoms with Gasteiger partial charge in [0.15, 0.2) is 11.2 Å². The first kappa shape index (κ1) is 27.1. The maximum atomic E-state index is 6.47. The molecule has 0 radical (unpaired) electrons. The number of hydrogen-bond acceptors (Lipinski definition) is 7. The summed E-state index contributed by atoms with van der Waals surface area (Å²) in [6, 6.07) is 4.10. The Morgan fingerprint density at radius 3 is 2.29 bits per heavy atom. The monoisotopic (exact) mass is 550 g/mol. The number of pyridine rings is 3. The molecule has 6 aromatic heterocycles. The topological polar surface area (TPSA) is 100 Å². The number of aryl methyl sites for hydroxylation is 2. The molecule has 0 aliphatic rings. The average Bonchev–Trinajstić information content (AvgIpc) is 3.60. The molecular weight excluding hydrogens is 512 g/mol. The Bertz CT molecular complexity index is 1910. The first-order chi connectivity index (χ1) is 19.2. The second kappa shape index (κ2) is 9.19. The van der Waals surface area contributed by atoms with E-state index in [1.165, 1.54) is 5.56 Å². The molecule has 0 amide bonds. The zero-order chi connectivity index (χ0) is 29.3. The van der Waals surface area contributed by atoms with E-state index in [4.69, 9.17) is 24.6 Å². The maximum Gasteiger partial charge on any atom is 0.230 e. The molecule has 0 fully saturated rings. The van der Waals surface area contributed by atoms with Crippen LogP contribution in [0.5, 0.6) is 0 Å². The Morgan fingerprint density at radius 2 is 1.56 bits per heavy atom. The van der Waals surface area contributed by atoms with Crippen molar-refractivity contribution >= 4 is 33.3 Å². The minimum Gasteiger partial charge on any atom is -0.434 e. The molecule has 6 heterocycles. The molecule has 212 valence electrons. The molecular formula is C32H38N8O. The summed E-state index contributed by atoms with van der Waals surface area (Å²) in [5.74, 6) is 0.533. The van der Waals surface area contributed by atoms with Gasteiger partial charge in [0.2, 0.25) is 5.89 Å². The fraction of sp³-hybridized carbons (Fsp3) is 0.438. The van der Waals surface area contributed by atoms with Crippen molar-refractivity contribution in [1.82, 2.24) is 39.5 Å². The number of rotatable bonds is 5. The summed E-state index contributed by atoms with van der Waals surface area (Å²) in [4.78, 5) is 18.7. The van der Waals surface area contributed by atoms with Crippen LogP contribution in [0.1, 0.15) is 78.5 Å². The van der Waals surface area contributed by atoms with E-state index in [1.54, 1.807) is 6.20 Å². The van der Waals surface area contributed by atoms with Gasteiger partial charge in [-0.25, -0.2) is 4.98 Å². The lowest BCUT2D eigenvalue weighted by Gasteiger charge is -2.27. The van der Waals surface area contributed by atoms with Crippen molar-refractivity contribution in [2.45, 2.75) is 84.6 Å². The molecule has 6 aromatic rings. The Labute approximate surface area is 240 Å². The summed E-state index contributed by atoms with van der Waals surface area (Å²) >= 11 is 0. The highest BCUT2D eigenvalue weighted by atomic mass is 16.3. The zero-order valence-corrected chi connectivity index (χ0v) is 25.4. The van der Waals surface area contributed by atoms with Crippen LogP contribution >= 0.6 is 0 Å². The van der Waals surface area contributed by atoms with Gasteiger partial charge < -0.3 is 4.42 Å². The molecule has 41 heavy (non-hydrogen) atoms.